The van der Waals surface area contributed by atoms with E-state index in [2.05, 4.69) is 54.4 Å². The van der Waals surface area contributed by atoms with Crippen LogP contribution in [0.4, 0.5) is 11.5 Å². The zero-order chi connectivity index (χ0) is 18.1. The van der Waals surface area contributed by atoms with Crippen LogP contribution in [0.1, 0.15) is 16.7 Å². The van der Waals surface area contributed by atoms with Crippen LogP contribution in [0.3, 0.4) is 0 Å². The van der Waals surface area contributed by atoms with Gasteiger partial charge in [-0.15, -0.1) is 10.2 Å². The van der Waals surface area contributed by atoms with Crippen LogP contribution in [0.15, 0.2) is 77.1 Å². The van der Waals surface area contributed by atoms with Gasteiger partial charge in [-0.05, 0) is 50.1 Å². The van der Waals surface area contributed by atoms with E-state index < -0.39 is 0 Å². The number of hydrogen-bond acceptors (Lipinski definition) is 3. The molecule has 2 heterocycles. The molecule has 0 N–H and O–H groups in total. The van der Waals surface area contributed by atoms with Crippen molar-refractivity contribution in [3.05, 3.63) is 83.6 Å². The first-order valence-electron chi connectivity index (χ1n) is 8.64. The molecule has 0 aliphatic heterocycles. The summed E-state index contributed by atoms with van der Waals surface area (Å²) in [6.07, 6.45) is 2.05. The normalized spacial score (nSPS) is 11.5. The van der Waals surface area contributed by atoms with Crippen LogP contribution < -0.4 is 0 Å². The first kappa shape index (κ1) is 16.2. The van der Waals surface area contributed by atoms with Gasteiger partial charge in [-0.2, -0.15) is 0 Å². The molecule has 0 amide bonds. The Labute approximate surface area is 152 Å². The highest BCUT2D eigenvalue weighted by atomic mass is 15.2. The Morgan fingerprint density at radius 2 is 1.54 bits per heavy atom. The van der Waals surface area contributed by atoms with E-state index in [1.807, 2.05) is 47.9 Å². The molecule has 0 saturated heterocycles. The molecule has 4 aromatic rings. The Morgan fingerprint density at radius 1 is 0.769 bits per heavy atom. The van der Waals surface area contributed by atoms with Crippen molar-refractivity contribution in [2.75, 3.05) is 0 Å². The molecule has 26 heavy (non-hydrogen) atoms. The quantitative estimate of drug-likeness (QED) is 0.401. The standard InChI is InChI=1S/C22H20N4/c1-15-7-10-18(11-8-15)21-22(25-24-19-6-4-5-16(2)13-19)26-14-17(3)9-12-20(26)23-21/h4-14H,1-3H3. The van der Waals surface area contributed by atoms with Crippen LogP contribution in [0.2, 0.25) is 0 Å². The van der Waals surface area contributed by atoms with Crippen molar-refractivity contribution in [1.29, 1.82) is 0 Å². The third kappa shape index (κ3) is 3.14. The summed E-state index contributed by atoms with van der Waals surface area (Å²) >= 11 is 0. The molecule has 4 nitrogen and oxygen atoms in total. The summed E-state index contributed by atoms with van der Waals surface area (Å²) in [5.74, 6) is 0.744. The topological polar surface area (TPSA) is 42.0 Å². The highest BCUT2D eigenvalue weighted by Crippen LogP contribution is 2.32. The van der Waals surface area contributed by atoms with Gasteiger partial charge in [0.2, 0.25) is 0 Å². The average Bonchev–Trinajstić information content (AvgIpc) is 2.98. The Morgan fingerprint density at radius 3 is 2.31 bits per heavy atom. The second-order valence-electron chi connectivity index (χ2n) is 6.62. The lowest BCUT2D eigenvalue weighted by Crippen LogP contribution is -1.85. The molecule has 0 atom stereocenters. The number of nitrogens with zero attached hydrogens (tertiary/aromatic N) is 4. The zero-order valence-electron chi connectivity index (χ0n) is 15.1. The van der Waals surface area contributed by atoms with Gasteiger partial charge in [0.15, 0.2) is 5.82 Å². The van der Waals surface area contributed by atoms with E-state index in [1.54, 1.807) is 0 Å². The molecule has 2 aromatic heterocycles. The highest BCUT2D eigenvalue weighted by Gasteiger charge is 2.14. The molecule has 4 heteroatoms. The smallest absolute Gasteiger partial charge is 0.187 e. The molecule has 0 spiro atoms. The molecule has 0 radical (unpaired) electrons. The van der Waals surface area contributed by atoms with E-state index in [4.69, 9.17) is 4.98 Å². The maximum absolute atomic E-state index is 4.79. The molecule has 0 saturated carbocycles. The fourth-order valence-electron chi connectivity index (χ4n) is 2.93. The van der Waals surface area contributed by atoms with Crippen LogP contribution in [0.25, 0.3) is 16.9 Å². The number of azo groups is 1. The van der Waals surface area contributed by atoms with Crippen molar-refractivity contribution in [3.8, 4) is 11.3 Å². The summed E-state index contributed by atoms with van der Waals surface area (Å²) in [7, 11) is 0. The van der Waals surface area contributed by atoms with Crippen molar-refractivity contribution < 1.29 is 0 Å². The fourth-order valence-corrected chi connectivity index (χ4v) is 2.93. The van der Waals surface area contributed by atoms with Gasteiger partial charge < -0.3 is 0 Å². The minimum Gasteiger partial charge on any atom is -0.282 e. The second kappa shape index (κ2) is 6.56. The zero-order valence-corrected chi connectivity index (χ0v) is 15.1. The number of rotatable bonds is 3. The van der Waals surface area contributed by atoms with Crippen molar-refractivity contribution >= 4 is 17.2 Å². The van der Waals surface area contributed by atoms with Crippen molar-refractivity contribution in [1.82, 2.24) is 9.38 Å². The SMILES string of the molecule is Cc1ccc(-c2nc3ccc(C)cn3c2N=Nc2cccc(C)c2)cc1. The van der Waals surface area contributed by atoms with E-state index >= 15 is 0 Å². The Hall–Kier alpha value is -3.27. The van der Waals surface area contributed by atoms with Gasteiger partial charge in [0.25, 0.3) is 0 Å². The maximum Gasteiger partial charge on any atom is 0.187 e. The number of pyridine rings is 1. The molecule has 2 aromatic carbocycles. The van der Waals surface area contributed by atoms with E-state index in [1.165, 1.54) is 5.56 Å². The van der Waals surface area contributed by atoms with E-state index in [-0.39, 0.29) is 0 Å². The number of imidazole rings is 1. The minimum atomic E-state index is 0.744. The van der Waals surface area contributed by atoms with Gasteiger partial charge in [0.1, 0.15) is 11.3 Å². The van der Waals surface area contributed by atoms with E-state index in [0.717, 1.165) is 39.5 Å². The van der Waals surface area contributed by atoms with E-state index in [9.17, 15) is 0 Å². The fraction of sp³-hybridized carbons (Fsp3) is 0.136. The predicted molar refractivity (Wildman–Crippen MR) is 105 cm³/mol. The molecule has 4 rings (SSSR count). The van der Waals surface area contributed by atoms with Gasteiger partial charge in [0.05, 0.1) is 5.69 Å². The first-order valence-corrected chi connectivity index (χ1v) is 8.64. The number of fused-ring (bicyclic) bond motifs is 1. The largest absolute Gasteiger partial charge is 0.282 e. The van der Waals surface area contributed by atoms with Crippen molar-refractivity contribution in [2.45, 2.75) is 20.8 Å². The molecule has 0 aliphatic rings. The monoisotopic (exact) mass is 340 g/mol. The third-order valence-electron chi connectivity index (χ3n) is 4.33. The van der Waals surface area contributed by atoms with E-state index in [0.29, 0.717) is 0 Å². The van der Waals surface area contributed by atoms with Gasteiger partial charge in [-0.25, -0.2) is 4.98 Å². The Kier molecular flexibility index (Phi) is 4.09. The number of aromatic nitrogens is 2. The van der Waals surface area contributed by atoms with Crippen molar-refractivity contribution in [2.24, 2.45) is 10.2 Å². The molecular weight excluding hydrogens is 320 g/mol. The van der Waals surface area contributed by atoms with Crippen LogP contribution in [-0.4, -0.2) is 9.38 Å². The van der Waals surface area contributed by atoms with Crippen LogP contribution in [0.5, 0.6) is 0 Å². The van der Waals surface area contributed by atoms with Gasteiger partial charge in [-0.1, -0.05) is 48.0 Å². The summed E-state index contributed by atoms with van der Waals surface area (Å²) in [6, 6.07) is 20.4. The summed E-state index contributed by atoms with van der Waals surface area (Å²) < 4.78 is 2.00. The van der Waals surface area contributed by atoms with Crippen molar-refractivity contribution in [3.63, 3.8) is 0 Å². The minimum absolute atomic E-state index is 0.744. The molecular formula is C22H20N4. The number of aryl methyl sites for hydroxylation is 3. The van der Waals surface area contributed by atoms with Gasteiger partial charge in [-0.3, -0.25) is 4.40 Å². The molecule has 0 fully saturated rings. The summed E-state index contributed by atoms with van der Waals surface area (Å²) in [5.41, 5.74) is 7.11. The third-order valence-corrected chi connectivity index (χ3v) is 4.33. The number of benzene rings is 2. The summed E-state index contributed by atoms with van der Waals surface area (Å²) in [4.78, 5) is 4.79. The Bertz CT molecular complexity index is 1100. The predicted octanol–water partition coefficient (Wildman–Crippen LogP) is 6.34. The first-order chi connectivity index (χ1) is 12.6. The molecule has 0 bridgehead atoms. The average molecular weight is 340 g/mol. The lowest BCUT2D eigenvalue weighted by atomic mass is 10.1. The lowest BCUT2D eigenvalue weighted by Gasteiger charge is -2.01. The lowest BCUT2D eigenvalue weighted by molar-refractivity contribution is 1.09. The Balaban J connectivity index is 1.88. The van der Waals surface area contributed by atoms with Gasteiger partial charge >= 0.3 is 0 Å². The van der Waals surface area contributed by atoms with Gasteiger partial charge in [0, 0.05) is 11.8 Å². The number of hydrogen-bond donors (Lipinski definition) is 0. The van der Waals surface area contributed by atoms with Crippen LogP contribution >= 0.6 is 0 Å². The molecule has 0 aliphatic carbocycles. The van der Waals surface area contributed by atoms with Crippen LogP contribution in [-0.2, 0) is 0 Å². The highest BCUT2D eigenvalue weighted by molar-refractivity contribution is 5.74. The maximum atomic E-state index is 4.79. The molecule has 0 unspecified atom stereocenters. The molecule has 128 valence electrons. The second-order valence-corrected chi connectivity index (χ2v) is 6.62. The van der Waals surface area contributed by atoms with Crippen LogP contribution in [0, 0.1) is 20.8 Å². The summed E-state index contributed by atoms with van der Waals surface area (Å²) in [6.45, 7) is 6.19. The summed E-state index contributed by atoms with van der Waals surface area (Å²) in [5, 5.41) is 9.03.